The minimum atomic E-state index is -1.90. The van der Waals surface area contributed by atoms with Gasteiger partial charge in [0.1, 0.15) is 24.4 Å². The molecule has 6 atom stereocenters. The Bertz CT molecular complexity index is 208. The molecule has 0 amide bonds. The average Bonchev–Trinajstić information content (AvgIpc) is 2.12. The van der Waals surface area contributed by atoms with Crippen molar-refractivity contribution in [3.63, 3.8) is 0 Å². The SMILES string of the molecule is O=C(P)C(O)C(O)C(O)C(O)C(=O)P. The third kappa shape index (κ3) is 3.65. The quantitative estimate of drug-likeness (QED) is 0.388. The summed E-state index contributed by atoms with van der Waals surface area (Å²) in [5.41, 5.74) is -1.69. The van der Waals surface area contributed by atoms with E-state index in [-0.39, 0.29) is 0 Å². The second-order valence-electron chi connectivity index (χ2n) is 2.68. The lowest BCUT2D eigenvalue weighted by molar-refractivity contribution is -0.144. The molecule has 82 valence electrons. The highest BCUT2D eigenvalue weighted by Crippen LogP contribution is 2.10. The van der Waals surface area contributed by atoms with Crippen LogP contribution < -0.4 is 0 Å². The Morgan fingerprint density at radius 2 is 1.00 bits per heavy atom. The Labute approximate surface area is 84.7 Å². The van der Waals surface area contributed by atoms with Crippen LogP contribution in [0, 0.1) is 0 Å². The molecule has 0 radical (unpaired) electrons. The second-order valence-corrected chi connectivity index (χ2v) is 3.81. The van der Waals surface area contributed by atoms with Gasteiger partial charge < -0.3 is 20.4 Å². The fraction of sp³-hybridized carbons (Fsp3) is 0.667. The molecule has 0 fully saturated rings. The van der Waals surface area contributed by atoms with Gasteiger partial charge in [0, 0.05) is 0 Å². The van der Waals surface area contributed by atoms with Crippen molar-refractivity contribution in [3.8, 4) is 0 Å². The van der Waals surface area contributed by atoms with Crippen LogP contribution in [0.1, 0.15) is 0 Å². The van der Waals surface area contributed by atoms with Gasteiger partial charge in [-0.15, -0.1) is 0 Å². The molecule has 0 aromatic carbocycles. The van der Waals surface area contributed by atoms with Gasteiger partial charge in [0.25, 0.3) is 0 Å². The molecular formula is C6H12O6P2. The van der Waals surface area contributed by atoms with Crippen LogP contribution in [0.5, 0.6) is 0 Å². The number of carbonyl (C=O) groups is 2. The standard InChI is InChI=1S/C6H12O6P2/c7-1(3(9)5(11)13)2(8)4(10)6(12)14/h1-4,7-10H,13-14H2. The topological polar surface area (TPSA) is 115 Å². The van der Waals surface area contributed by atoms with Crippen LogP contribution in [0.2, 0.25) is 0 Å². The molecule has 0 heterocycles. The van der Waals surface area contributed by atoms with Crippen molar-refractivity contribution in [2.75, 3.05) is 0 Å². The van der Waals surface area contributed by atoms with E-state index in [1.54, 1.807) is 18.5 Å². The predicted molar refractivity (Wildman–Crippen MR) is 53.5 cm³/mol. The maximum Gasteiger partial charge on any atom is 0.179 e. The van der Waals surface area contributed by atoms with Crippen LogP contribution in [0.3, 0.4) is 0 Å². The molecule has 14 heavy (non-hydrogen) atoms. The zero-order valence-electron chi connectivity index (χ0n) is 7.07. The van der Waals surface area contributed by atoms with Crippen molar-refractivity contribution in [2.24, 2.45) is 0 Å². The van der Waals surface area contributed by atoms with E-state index >= 15 is 0 Å². The van der Waals surface area contributed by atoms with Gasteiger partial charge in [-0.25, -0.2) is 0 Å². The maximum atomic E-state index is 10.6. The molecule has 0 saturated heterocycles. The number of hydrogen-bond donors (Lipinski definition) is 4. The highest BCUT2D eigenvalue weighted by Gasteiger charge is 2.34. The largest absolute Gasteiger partial charge is 0.387 e. The summed E-state index contributed by atoms with van der Waals surface area (Å²) in [6.45, 7) is 0. The van der Waals surface area contributed by atoms with E-state index in [0.717, 1.165) is 0 Å². The minimum absolute atomic E-state index is 0.847. The van der Waals surface area contributed by atoms with Crippen molar-refractivity contribution in [2.45, 2.75) is 24.4 Å². The van der Waals surface area contributed by atoms with E-state index in [1.165, 1.54) is 0 Å². The lowest BCUT2D eigenvalue weighted by Crippen LogP contribution is -2.48. The third-order valence-electron chi connectivity index (χ3n) is 1.58. The predicted octanol–water partition coefficient (Wildman–Crippen LogP) is -2.77. The number of rotatable bonds is 5. The fourth-order valence-electron chi connectivity index (χ4n) is 0.710. The van der Waals surface area contributed by atoms with E-state index < -0.39 is 35.5 Å². The molecule has 0 aromatic rings. The number of hydrogen-bond acceptors (Lipinski definition) is 6. The van der Waals surface area contributed by atoms with Crippen molar-refractivity contribution in [3.05, 3.63) is 0 Å². The molecule has 0 aliphatic heterocycles. The van der Waals surface area contributed by atoms with Crippen LogP contribution in [0.4, 0.5) is 0 Å². The number of aliphatic hydroxyl groups is 4. The highest BCUT2D eigenvalue weighted by atomic mass is 31.0. The molecule has 0 saturated carbocycles. The van der Waals surface area contributed by atoms with Crippen LogP contribution in [0.25, 0.3) is 0 Å². The molecule has 0 rings (SSSR count). The number of carbonyl (C=O) groups excluding carboxylic acids is 2. The molecule has 0 aliphatic carbocycles. The summed E-state index contributed by atoms with van der Waals surface area (Å²) in [7, 11) is 3.22. The summed E-state index contributed by atoms with van der Waals surface area (Å²) in [5.74, 6) is 0. The van der Waals surface area contributed by atoms with Crippen molar-refractivity contribution >= 4 is 29.5 Å². The fourth-order valence-corrected chi connectivity index (χ4v) is 1.10. The highest BCUT2D eigenvalue weighted by molar-refractivity contribution is 7.40. The Morgan fingerprint density at radius 3 is 1.14 bits per heavy atom. The molecule has 0 aliphatic rings. The molecule has 6 nitrogen and oxygen atoms in total. The zero-order chi connectivity index (χ0) is 11.5. The first kappa shape index (κ1) is 14.0. The van der Waals surface area contributed by atoms with Crippen molar-refractivity contribution in [1.29, 1.82) is 0 Å². The summed E-state index contributed by atoms with van der Waals surface area (Å²) in [6.07, 6.45) is -7.51. The summed E-state index contributed by atoms with van der Waals surface area (Å²) in [6, 6.07) is 0. The Kier molecular flexibility index (Phi) is 5.83. The van der Waals surface area contributed by atoms with Gasteiger partial charge in [-0.05, 0) is 0 Å². The summed E-state index contributed by atoms with van der Waals surface area (Å²) >= 11 is 0. The van der Waals surface area contributed by atoms with Gasteiger partial charge in [-0.2, -0.15) is 0 Å². The van der Waals surface area contributed by atoms with Gasteiger partial charge in [0.05, 0.1) is 0 Å². The average molecular weight is 242 g/mol. The molecular weight excluding hydrogens is 230 g/mol. The van der Waals surface area contributed by atoms with Crippen molar-refractivity contribution < 1.29 is 30.0 Å². The van der Waals surface area contributed by atoms with Crippen LogP contribution in [-0.2, 0) is 9.59 Å². The van der Waals surface area contributed by atoms with E-state index in [9.17, 15) is 9.59 Å². The molecule has 0 aromatic heterocycles. The van der Waals surface area contributed by atoms with E-state index in [0.29, 0.717) is 0 Å². The van der Waals surface area contributed by atoms with Gasteiger partial charge in [-0.3, -0.25) is 9.59 Å². The summed E-state index contributed by atoms with van der Waals surface area (Å²) in [4.78, 5) is 21.1. The zero-order valence-corrected chi connectivity index (χ0v) is 9.38. The Morgan fingerprint density at radius 1 is 0.786 bits per heavy atom. The van der Waals surface area contributed by atoms with Crippen molar-refractivity contribution in [1.82, 2.24) is 0 Å². The Hall–Kier alpha value is 0.0400. The smallest absolute Gasteiger partial charge is 0.179 e. The first-order valence-electron chi connectivity index (χ1n) is 3.60. The maximum absolute atomic E-state index is 10.6. The normalized spacial score (nSPS) is 19.6. The lowest BCUT2D eigenvalue weighted by atomic mass is 10.0. The van der Waals surface area contributed by atoms with Gasteiger partial charge in [0.15, 0.2) is 11.0 Å². The van der Waals surface area contributed by atoms with Crippen LogP contribution >= 0.6 is 18.5 Å². The molecule has 8 heteroatoms. The molecule has 0 spiro atoms. The van der Waals surface area contributed by atoms with Gasteiger partial charge >= 0.3 is 0 Å². The Balaban J connectivity index is 4.45. The molecule has 6 unspecified atom stereocenters. The molecule has 0 bridgehead atoms. The number of aliphatic hydroxyl groups excluding tert-OH is 4. The van der Waals surface area contributed by atoms with E-state index in [4.69, 9.17) is 20.4 Å². The second kappa shape index (κ2) is 5.81. The van der Waals surface area contributed by atoms with Crippen LogP contribution in [-0.4, -0.2) is 55.9 Å². The van der Waals surface area contributed by atoms with Crippen LogP contribution in [0.15, 0.2) is 0 Å². The molecule has 4 N–H and O–H groups in total. The van der Waals surface area contributed by atoms with Gasteiger partial charge in [0.2, 0.25) is 0 Å². The lowest BCUT2D eigenvalue weighted by Gasteiger charge is -2.23. The summed E-state index contributed by atoms with van der Waals surface area (Å²) < 4.78 is 0. The van der Waals surface area contributed by atoms with E-state index in [2.05, 4.69) is 0 Å². The third-order valence-corrected chi connectivity index (χ3v) is 2.26. The van der Waals surface area contributed by atoms with E-state index in [1.807, 2.05) is 0 Å². The first-order chi connectivity index (χ1) is 6.29. The van der Waals surface area contributed by atoms with Gasteiger partial charge in [-0.1, -0.05) is 18.5 Å². The minimum Gasteiger partial charge on any atom is -0.387 e. The summed E-state index contributed by atoms with van der Waals surface area (Å²) in [5, 5.41) is 36.2. The first-order valence-corrected chi connectivity index (χ1v) is 4.75. The monoisotopic (exact) mass is 242 g/mol.